The summed E-state index contributed by atoms with van der Waals surface area (Å²) < 4.78 is 27.7. The van der Waals surface area contributed by atoms with Crippen molar-refractivity contribution < 1.29 is 18.0 Å². The van der Waals surface area contributed by atoms with Crippen LogP contribution in [0.15, 0.2) is 53.4 Å². The number of amides is 2. The zero-order chi connectivity index (χ0) is 18.5. The molecule has 0 radical (unpaired) electrons. The molecule has 2 heterocycles. The third-order valence-electron chi connectivity index (χ3n) is 4.85. The Kier molecular flexibility index (Phi) is 3.84. The number of para-hydroxylation sites is 1. The molecule has 2 aromatic rings. The molecule has 2 aromatic carbocycles. The van der Waals surface area contributed by atoms with Crippen LogP contribution in [0, 0.1) is 0 Å². The molecule has 0 spiro atoms. The number of benzene rings is 2. The first-order valence-electron chi connectivity index (χ1n) is 8.48. The topological polar surface area (TPSA) is 74.8 Å². The van der Waals surface area contributed by atoms with Gasteiger partial charge in [0.2, 0.25) is 11.8 Å². The third-order valence-corrected chi connectivity index (χ3v) is 6.79. The summed E-state index contributed by atoms with van der Waals surface area (Å²) in [5.41, 5.74) is 2.12. The van der Waals surface area contributed by atoms with Crippen LogP contribution in [0.4, 0.5) is 11.4 Å². The van der Waals surface area contributed by atoms with Crippen LogP contribution in [0.3, 0.4) is 0 Å². The van der Waals surface area contributed by atoms with E-state index in [4.69, 9.17) is 0 Å². The van der Waals surface area contributed by atoms with Crippen molar-refractivity contribution >= 4 is 33.2 Å². The molecule has 0 aliphatic carbocycles. The number of fused-ring (bicyclic) bond motifs is 1. The molecule has 2 aliphatic rings. The number of hydrogen-bond donors (Lipinski definition) is 0. The summed E-state index contributed by atoms with van der Waals surface area (Å²) in [6.07, 6.45) is 1.06. The Morgan fingerprint density at radius 2 is 1.54 bits per heavy atom. The van der Waals surface area contributed by atoms with E-state index in [9.17, 15) is 18.0 Å². The van der Waals surface area contributed by atoms with E-state index < -0.39 is 10.0 Å². The minimum Gasteiger partial charge on any atom is -0.274 e. The molecule has 0 bridgehead atoms. The number of imide groups is 1. The Balaban J connectivity index is 1.69. The maximum atomic E-state index is 13.1. The van der Waals surface area contributed by atoms with Gasteiger partial charge in [0.1, 0.15) is 0 Å². The molecule has 1 saturated heterocycles. The summed E-state index contributed by atoms with van der Waals surface area (Å²) in [5, 5.41) is 0. The maximum Gasteiger partial charge on any atom is 0.264 e. The number of anilines is 2. The summed E-state index contributed by atoms with van der Waals surface area (Å²) in [4.78, 5) is 24.9. The number of sulfonamides is 1. The van der Waals surface area contributed by atoms with Gasteiger partial charge in [-0.05, 0) is 49.2 Å². The van der Waals surface area contributed by atoms with Crippen molar-refractivity contribution in [2.45, 2.75) is 37.1 Å². The van der Waals surface area contributed by atoms with Gasteiger partial charge in [-0.15, -0.1) is 0 Å². The molecule has 2 aliphatic heterocycles. The average molecular weight is 370 g/mol. The lowest BCUT2D eigenvalue weighted by Gasteiger charge is -2.24. The van der Waals surface area contributed by atoms with Crippen molar-refractivity contribution in [2.75, 3.05) is 9.21 Å². The highest BCUT2D eigenvalue weighted by Gasteiger charge is 2.36. The van der Waals surface area contributed by atoms with Crippen LogP contribution < -0.4 is 9.21 Å². The Morgan fingerprint density at radius 3 is 2.19 bits per heavy atom. The minimum atomic E-state index is -3.72. The fraction of sp³-hybridized carbons (Fsp3) is 0.263. The van der Waals surface area contributed by atoms with E-state index in [1.54, 1.807) is 0 Å². The monoisotopic (exact) mass is 370 g/mol. The van der Waals surface area contributed by atoms with Gasteiger partial charge in [-0.2, -0.15) is 0 Å². The lowest BCUT2D eigenvalue weighted by Crippen LogP contribution is -2.35. The number of carbonyl (C=O) groups is 2. The normalized spacial score (nSPS) is 20.0. The molecular weight excluding hydrogens is 352 g/mol. The number of hydrogen-bond acceptors (Lipinski definition) is 4. The summed E-state index contributed by atoms with van der Waals surface area (Å²) >= 11 is 0. The van der Waals surface area contributed by atoms with Crippen molar-refractivity contribution in [3.8, 4) is 0 Å². The smallest absolute Gasteiger partial charge is 0.264 e. The largest absolute Gasteiger partial charge is 0.274 e. The Morgan fingerprint density at radius 1 is 0.923 bits per heavy atom. The predicted molar refractivity (Wildman–Crippen MR) is 97.4 cm³/mol. The molecule has 0 aromatic heterocycles. The van der Waals surface area contributed by atoms with Gasteiger partial charge in [-0.3, -0.25) is 18.8 Å². The number of rotatable bonds is 3. The molecule has 4 rings (SSSR count). The highest BCUT2D eigenvalue weighted by atomic mass is 32.2. The van der Waals surface area contributed by atoms with Gasteiger partial charge < -0.3 is 0 Å². The van der Waals surface area contributed by atoms with Crippen LogP contribution in [-0.4, -0.2) is 26.3 Å². The van der Waals surface area contributed by atoms with Crippen molar-refractivity contribution in [3.05, 3.63) is 54.1 Å². The summed E-state index contributed by atoms with van der Waals surface area (Å²) in [7, 11) is -3.72. The molecule has 0 saturated carbocycles. The van der Waals surface area contributed by atoms with E-state index in [0.29, 0.717) is 17.8 Å². The van der Waals surface area contributed by atoms with Gasteiger partial charge in [0, 0.05) is 18.9 Å². The van der Waals surface area contributed by atoms with Gasteiger partial charge in [-0.25, -0.2) is 8.42 Å². The first-order valence-corrected chi connectivity index (χ1v) is 9.92. The average Bonchev–Trinajstić information content (AvgIpc) is 3.13. The summed E-state index contributed by atoms with van der Waals surface area (Å²) in [6, 6.07) is 13.3. The zero-order valence-corrected chi connectivity index (χ0v) is 15.1. The fourth-order valence-corrected chi connectivity index (χ4v) is 5.34. The highest BCUT2D eigenvalue weighted by Crippen LogP contribution is 2.36. The Hall–Kier alpha value is -2.67. The van der Waals surface area contributed by atoms with Gasteiger partial charge in [0.25, 0.3) is 10.0 Å². The first kappa shape index (κ1) is 16.8. The van der Waals surface area contributed by atoms with E-state index >= 15 is 0 Å². The number of nitrogens with zero attached hydrogens (tertiary/aromatic N) is 2. The first-order chi connectivity index (χ1) is 12.4. The quantitative estimate of drug-likeness (QED) is 0.778. The zero-order valence-electron chi connectivity index (χ0n) is 14.3. The maximum absolute atomic E-state index is 13.1. The third kappa shape index (κ3) is 2.50. The second-order valence-electron chi connectivity index (χ2n) is 6.60. The Labute approximate surface area is 152 Å². The lowest BCUT2D eigenvalue weighted by molar-refractivity contribution is -0.121. The molecule has 134 valence electrons. The standard InChI is InChI=1S/C19H18N2O4S/c1-13-12-14-4-2-3-5-17(14)21(13)26(24,25)16-8-6-15(7-9-16)20-18(22)10-11-19(20)23/h2-9,13H,10-12H2,1H3/t13-/m0/s1. The van der Waals surface area contributed by atoms with Crippen molar-refractivity contribution in [1.29, 1.82) is 0 Å². The second-order valence-corrected chi connectivity index (χ2v) is 8.41. The number of carbonyl (C=O) groups excluding carboxylic acids is 2. The molecule has 6 nitrogen and oxygen atoms in total. The summed E-state index contributed by atoms with van der Waals surface area (Å²) in [5.74, 6) is -0.514. The van der Waals surface area contributed by atoms with Gasteiger partial charge in [0.05, 0.1) is 16.3 Å². The van der Waals surface area contributed by atoms with Crippen LogP contribution in [0.1, 0.15) is 25.3 Å². The molecule has 26 heavy (non-hydrogen) atoms. The van der Waals surface area contributed by atoms with Crippen LogP contribution >= 0.6 is 0 Å². The highest BCUT2D eigenvalue weighted by molar-refractivity contribution is 7.92. The second kappa shape index (κ2) is 5.95. The van der Waals surface area contributed by atoms with E-state index in [-0.39, 0.29) is 35.6 Å². The van der Waals surface area contributed by atoms with Crippen LogP contribution in [-0.2, 0) is 26.0 Å². The van der Waals surface area contributed by atoms with E-state index in [2.05, 4.69) is 0 Å². The minimum absolute atomic E-state index is 0.142. The van der Waals surface area contributed by atoms with Crippen LogP contribution in [0.25, 0.3) is 0 Å². The van der Waals surface area contributed by atoms with Gasteiger partial charge >= 0.3 is 0 Å². The molecule has 2 amide bonds. The molecule has 0 unspecified atom stereocenters. The summed E-state index contributed by atoms with van der Waals surface area (Å²) in [6.45, 7) is 1.88. The molecule has 1 atom stereocenters. The van der Waals surface area contributed by atoms with E-state index in [1.165, 1.54) is 28.6 Å². The predicted octanol–water partition coefficient (Wildman–Crippen LogP) is 2.48. The van der Waals surface area contributed by atoms with Gasteiger partial charge in [-0.1, -0.05) is 18.2 Å². The van der Waals surface area contributed by atoms with Gasteiger partial charge in [0.15, 0.2) is 0 Å². The molecular formula is C19H18N2O4S. The SMILES string of the molecule is C[C@H]1Cc2ccccc2N1S(=O)(=O)c1ccc(N2C(=O)CCC2=O)cc1. The Bertz CT molecular complexity index is 982. The molecule has 1 fully saturated rings. The van der Waals surface area contributed by atoms with Crippen molar-refractivity contribution in [3.63, 3.8) is 0 Å². The van der Waals surface area contributed by atoms with E-state index in [0.717, 1.165) is 10.5 Å². The van der Waals surface area contributed by atoms with Crippen molar-refractivity contribution in [1.82, 2.24) is 0 Å². The molecule has 7 heteroatoms. The van der Waals surface area contributed by atoms with E-state index in [1.807, 2.05) is 31.2 Å². The fourth-order valence-electron chi connectivity index (χ4n) is 3.65. The molecule has 0 N–H and O–H groups in total. The van der Waals surface area contributed by atoms with Crippen LogP contribution in [0.2, 0.25) is 0 Å². The lowest BCUT2D eigenvalue weighted by atomic mass is 10.1. The van der Waals surface area contributed by atoms with Crippen molar-refractivity contribution in [2.24, 2.45) is 0 Å². The van der Waals surface area contributed by atoms with Crippen LogP contribution in [0.5, 0.6) is 0 Å².